The lowest BCUT2D eigenvalue weighted by molar-refractivity contribution is -0.118. The van der Waals surface area contributed by atoms with E-state index >= 15 is 0 Å². The molecule has 1 amide bonds. The molecule has 0 saturated carbocycles. The molecule has 7 nitrogen and oxygen atoms in total. The van der Waals surface area contributed by atoms with Crippen LogP contribution in [0.25, 0.3) is 0 Å². The van der Waals surface area contributed by atoms with E-state index in [1.807, 2.05) is 0 Å². The highest BCUT2D eigenvalue weighted by Gasteiger charge is 2.24. The molecule has 2 aromatic rings. The van der Waals surface area contributed by atoms with Gasteiger partial charge in [-0.3, -0.25) is 14.7 Å². The number of benzene rings is 1. The number of carbonyl (C=O) groups excluding carboxylic acids is 1. The second-order valence-corrected chi connectivity index (χ2v) is 4.96. The maximum atomic E-state index is 12.0. The van der Waals surface area contributed by atoms with Gasteiger partial charge in [0.15, 0.2) is 11.5 Å². The van der Waals surface area contributed by atoms with Crippen molar-refractivity contribution in [3.63, 3.8) is 0 Å². The maximum Gasteiger partial charge on any atom is 0.267 e. The first-order valence-electron chi connectivity index (χ1n) is 6.75. The van der Waals surface area contributed by atoms with E-state index in [2.05, 4.69) is 10.2 Å². The van der Waals surface area contributed by atoms with Crippen LogP contribution in [0.1, 0.15) is 29.2 Å². The Morgan fingerprint density at radius 2 is 1.91 bits per heavy atom. The summed E-state index contributed by atoms with van der Waals surface area (Å²) >= 11 is 0. The van der Waals surface area contributed by atoms with Crippen molar-refractivity contribution >= 4 is 5.91 Å². The summed E-state index contributed by atoms with van der Waals surface area (Å²) in [7, 11) is 3.07. The van der Waals surface area contributed by atoms with Crippen LogP contribution < -0.4 is 20.8 Å². The molecule has 0 spiro atoms. The quantitative estimate of drug-likeness (QED) is 0.740. The SMILES string of the molecule is COc1ccc([C@@H](CC(N)=O)c2c(C)[nH][nH]c2=O)cc1OC. The Kier molecular flexibility index (Phi) is 4.55. The van der Waals surface area contributed by atoms with E-state index in [-0.39, 0.29) is 12.0 Å². The number of aryl methyl sites for hydroxylation is 1. The van der Waals surface area contributed by atoms with Crippen LogP contribution in [-0.4, -0.2) is 30.3 Å². The Labute approximate surface area is 127 Å². The number of hydrogen-bond donors (Lipinski definition) is 3. The minimum Gasteiger partial charge on any atom is -0.493 e. The zero-order valence-corrected chi connectivity index (χ0v) is 12.7. The van der Waals surface area contributed by atoms with Gasteiger partial charge in [0.25, 0.3) is 5.56 Å². The smallest absolute Gasteiger partial charge is 0.267 e. The summed E-state index contributed by atoms with van der Waals surface area (Å²) < 4.78 is 10.5. The summed E-state index contributed by atoms with van der Waals surface area (Å²) in [4.78, 5) is 23.4. The summed E-state index contributed by atoms with van der Waals surface area (Å²) in [6.45, 7) is 1.77. The molecule has 1 aromatic heterocycles. The fraction of sp³-hybridized carbons (Fsp3) is 0.333. The number of aromatic nitrogens is 2. The molecule has 0 aliphatic heterocycles. The van der Waals surface area contributed by atoms with Crippen LogP contribution in [0.4, 0.5) is 0 Å². The van der Waals surface area contributed by atoms with E-state index in [4.69, 9.17) is 15.2 Å². The summed E-state index contributed by atoms with van der Waals surface area (Å²) in [5.41, 5.74) is 7.00. The second kappa shape index (κ2) is 6.38. The molecule has 1 atom stereocenters. The van der Waals surface area contributed by atoms with Gasteiger partial charge >= 0.3 is 0 Å². The van der Waals surface area contributed by atoms with Crippen LogP contribution in [0.5, 0.6) is 11.5 Å². The summed E-state index contributed by atoms with van der Waals surface area (Å²) in [5, 5.41) is 5.29. The molecule has 0 aliphatic rings. The number of amides is 1. The normalized spacial score (nSPS) is 12.0. The lowest BCUT2D eigenvalue weighted by atomic mass is 9.88. The molecule has 1 aromatic carbocycles. The molecule has 1 heterocycles. The van der Waals surface area contributed by atoms with Crippen molar-refractivity contribution in [3.8, 4) is 11.5 Å². The lowest BCUT2D eigenvalue weighted by Crippen LogP contribution is -2.20. The highest BCUT2D eigenvalue weighted by molar-refractivity contribution is 5.75. The molecule has 0 bridgehead atoms. The monoisotopic (exact) mass is 305 g/mol. The third kappa shape index (κ3) is 2.98. The highest BCUT2D eigenvalue weighted by atomic mass is 16.5. The van der Waals surface area contributed by atoms with Gasteiger partial charge < -0.3 is 20.3 Å². The molecule has 0 aliphatic carbocycles. The van der Waals surface area contributed by atoms with E-state index in [1.165, 1.54) is 7.11 Å². The third-order valence-corrected chi connectivity index (χ3v) is 3.58. The first-order chi connectivity index (χ1) is 10.5. The van der Waals surface area contributed by atoms with Crippen LogP contribution in [0.3, 0.4) is 0 Å². The number of ether oxygens (including phenoxy) is 2. The zero-order chi connectivity index (χ0) is 16.3. The largest absolute Gasteiger partial charge is 0.493 e. The fourth-order valence-electron chi connectivity index (χ4n) is 2.53. The van der Waals surface area contributed by atoms with Gasteiger partial charge in [0.1, 0.15) is 0 Å². The maximum absolute atomic E-state index is 12.0. The number of hydrogen-bond acceptors (Lipinski definition) is 4. The molecule has 22 heavy (non-hydrogen) atoms. The average Bonchev–Trinajstić information content (AvgIpc) is 2.83. The number of primary amides is 1. The predicted octanol–water partition coefficient (Wildman–Crippen LogP) is 1.04. The van der Waals surface area contributed by atoms with Crippen molar-refractivity contribution in [2.75, 3.05) is 14.2 Å². The Morgan fingerprint density at radius 1 is 1.23 bits per heavy atom. The molecule has 0 fully saturated rings. The van der Waals surface area contributed by atoms with Crippen LogP contribution >= 0.6 is 0 Å². The highest BCUT2D eigenvalue weighted by Crippen LogP contribution is 2.34. The predicted molar refractivity (Wildman–Crippen MR) is 81.4 cm³/mol. The van der Waals surface area contributed by atoms with Gasteiger partial charge in [-0.2, -0.15) is 0 Å². The summed E-state index contributed by atoms with van der Waals surface area (Å²) in [5.74, 6) is 0.162. The number of H-pyrrole nitrogens is 2. The minimum absolute atomic E-state index is 0.0251. The number of carbonyl (C=O) groups is 1. The van der Waals surface area contributed by atoms with E-state index in [0.717, 1.165) is 5.56 Å². The molecule has 7 heteroatoms. The third-order valence-electron chi connectivity index (χ3n) is 3.58. The molecule has 118 valence electrons. The Bertz CT molecular complexity index is 733. The van der Waals surface area contributed by atoms with Crippen molar-refractivity contribution in [2.24, 2.45) is 5.73 Å². The van der Waals surface area contributed by atoms with Crippen molar-refractivity contribution in [2.45, 2.75) is 19.3 Å². The van der Waals surface area contributed by atoms with E-state index in [0.29, 0.717) is 22.8 Å². The molecule has 0 saturated heterocycles. The van der Waals surface area contributed by atoms with Crippen LogP contribution in [-0.2, 0) is 4.79 Å². The Balaban J connectivity index is 2.55. The zero-order valence-electron chi connectivity index (χ0n) is 12.7. The van der Waals surface area contributed by atoms with E-state index in [9.17, 15) is 9.59 Å². The molecule has 0 radical (unpaired) electrons. The topological polar surface area (TPSA) is 110 Å². The Morgan fingerprint density at radius 3 is 2.41 bits per heavy atom. The van der Waals surface area contributed by atoms with E-state index in [1.54, 1.807) is 32.2 Å². The molecular weight excluding hydrogens is 286 g/mol. The van der Waals surface area contributed by atoms with E-state index < -0.39 is 11.8 Å². The van der Waals surface area contributed by atoms with Crippen molar-refractivity contribution in [1.29, 1.82) is 0 Å². The first kappa shape index (κ1) is 15.7. The molecule has 4 N–H and O–H groups in total. The van der Waals surface area contributed by atoms with Crippen molar-refractivity contribution < 1.29 is 14.3 Å². The van der Waals surface area contributed by atoms with Gasteiger partial charge in [-0.1, -0.05) is 6.07 Å². The number of rotatable bonds is 6. The van der Waals surface area contributed by atoms with Gasteiger partial charge in [-0.05, 0) is 24.6 Å². The first-order valence-corrected chi connectivity index (χ1v) is 6.75. The summed E-state index contributed by atoms with van der Waals surface area (Å²) in [6, 6.07) is 5.28. The Hall–Kier alpha value is -2.70. The minimum atomic E-state index is -0.486. The second-order valence-electron chi connectivity index (χ2n) is 4.96. The molecule has 0 unspecified atom stereocenters. The molecule has 2 rings (SSSR count). The summed E-state index contributed by atoms with van der Waals surface area (Å²) in [6.07, 6.45) is 0.0251. The molecular formula is C15H19N3O4. The standard InChI is InChI=1S/C15H19N3O4/c1-8-14(15(20)18-17-8)10(7-13(16)19)9-4-5-11(21-2)12(6-9)22-3/h4-6,10H,7H2,1-3H3,(H2,16,19)(H2,17,18,20)/t10-/m1/s1. The number of methoxy groups -OCH3 is 2. The lowest BCUT2D eigenvalue weighted by Gasteiger charge is -2.17. The number of nitrogens with one attached hydrogen (secondary N) is 2. The van der Waals surface area contributed by atoms with Crippen molar-refractivity contribution in [1.82, 2.24) is 10.2 Å². The fourth-order valence-corrected chi connectivity index (χ4v) is 2.53. The van der Waals surface area contributed by atoms with Crippen LogP contribution in [0.2, 0.25) is 0 Å². The van der Waals surface area contributed by atoms with Gasteiger partial charge in [0.2, 0.25) is 5.91 Å². The number of nitrogens with two attached hydrogens (primary N) is 1. The van der Waals surface area contributed by atoms with Gasteiger partial charge in [0.05, 0.1) is 14.2 Å². The van der Waals surface area contributed by atoms with Gasteiger partial charge in [-0.25, -0.2) is 0 Å². The van der Waals surface area contributed by atoms with Crippen LogP contribution in [0.15, 0.2) is 23.0 Å². The van der Waals surface area contributed by atoms with Gasteiger partial charge in [0, 0.05) is 23.6 Å². The van der Waals surface area contributed by atoms with Gasteiger partial charge in [-0.15, -0.1) is 0 Å². The van der Waals surface area contributed by atoms with Crippen molar-refractivity contribution in [3.05, 3.63) is 45.4 Å². The average molecular weight is 305 g/mol. The van der Waals surface area contributed by atoms with Crippen LogP contribution in [0, 0.1) is 6.92 Å². The number of aromatic amines is 2.